The first-order valence-electron chi connectivity index (χ1n) is 27.4. The van der Waals surface area contributed by atoms with Crippen molar-refractivity contribution in [3.05, 3.63) is 253 Å². The van der Waals surface area contributed by atoms with Crippen molar-refractivity contribution < 1.29 is 8.83 Å². The molecule has 0 saturated heterocycles. The molecular weight excluding hydrogens is 945 g/mol. The molecule has 0 fully saturated rings. The lowest BCUT2D eigenvalue weighted by atomic mass is 9.79. The minimum atomic E-state index is -0.277. The highest BCUT2D eigenvalue weighted by Gasteiger charge is 2.40. The van der Waals surface area contributed by atoms with Crippen LogP contribution in [0.5, 0.6) is 0 Å². The summed E-state index contributed by atoms with van der Waals surface area (Å²) >= 11 is 0. The van der Waals surface area contributed by atoms with Crippen molar-refractivity contribution in [1.29, 1.82) is 0 Å². The Balaban J connectivity index is 0.827. The highest BCUT2D eigenvalue weighted by Crippen LogP contribution is 2.58. The van der Waals surface area contributed by atoms with Gasteiger partial charge in [0, 0.05) is 43.5 Å². The van der Waals surface area contributed by atoms with Crippen molar-refractivity contribution in [2.24, 2.45) is 0 Å². The van der Waals surface area contributed by atoms with Gasteiger partial charge in [-0.1, -0.05) is 210 Å². The van der Waals surface area contributed by atoms with Crippen LogP contribution < -0.4 is 0 Å². The largest absolute Gasteiger partial charge is 0.455 e. The second-order valence-corrected chi connectivity index (χ2v) is 23.0. The molecule has 0 spiro atoms. The average molecular weight is 995 g/mol. The Morgan fingerprint density at radius 3 is 1.06 bits per heavy atom. The minimum absolute atomic E-state index is 0.277. The van der Waals surface area contributed by atoms with Crippen LogP contribution >= 0.6 is 0 Å². The predicted molar refractivity (Wildman–Crippen MR) is 328 cm³/mol. The summed E-state index contributed by atoms with van der Waals surface area (Å²) < 4.78 is 13.6. The van der Waals surface area contributed by atoms with Crippen molar-refractivity contribution in [2.75, 3.05) is 0 Å². The van der Waals surface area contributed by atoms with Crippen LogP contribution in [0.2, 0.25) is 0 Å². The van der Waals surface area contributed by atoms with E-state index in [1.807, 2.05) is 0 Å². The highest BCUT2D eigenvalue weighted by molar-refractivity contribution is 6.22. The molecule has 2 aliphatic rings. The molecule has 2 nitrogen and oxygen atoms in total. The van der Waals surface area contributed by atoms with E-state index in [0.717, 1.165) is 66.1 Å². The van der Waals surface area contributed by atoms with Crippen LogP contribution in [0.1, 0.15) is 49.9 Å². The van der Waals surface area contributed by atoms with Gasteiger partial charge >= 0.3 is 0 Å². The summed E-state index contributed by atoms with van der Waals surface area (Å²) in [5.74, 6) is 0. The van der Waals surface area contributed by atoms with E-state index in [1.54, 1.807) is 0 Å². The van der Waals surface area contributed by atoms with Gasteiger partial charge in [0.05, 0.1) is 0 Å². The zero-order valence-corrected chi connectivity index (χ0v) is 43.8. The molecule has 2 heteroatoms. The number of rotatable bonds is 4. The van der Waals surface area contributed by atoms with E-state index in [9.17, 15) is 0 Å². The minimum Gasteiger partial charge on any atom is -0.455 e. The third-order valence-electron chi connectivity index (χ3n) is 18.2. The molecule has 15 aromatic rings. The van der Waals surface area contributed by atoms with E-state index >= 15 is 0 Å². The van der Waals surface area contributed by atoms with Gasteiger partial charge in [-0.05, 0) is 170 Å². The molecule has 2 heterocycles. The Kier molecular flexibility index (Phi) is 8.72. The quantitative estimate of drug-likeness (QED) is 0.164. The zero-order chi connectivity index (χ0) is 51.8. The molecule has 0 bridgehead atoms. The zero-order valence-electron chi connectivity index (χ0n) is 43.8. The maximum atomic E-state index is 6.81. The maximum absolute atomic E-state index is 6.81. The van der Waals surface area contributed by atoms with Crippen LogP contribution in [-0.4, -0.2) is 0 Å². The lowest BCUT2D eigenvalue weighted by molar-refractivity contribution is 0.661. The van der Waals surface area contributed by atoms with E-state index in [2.05, 4.69) is 258 Å². The number of hydrogen-bond donors (Lipinski definition) is 0. The van der Waals surface area contributed by atoms with Gasteiger partial charge < -0.3 is 8.83 Å². The fourth-order valence-electron chi connectivity index (χ4n) is 14.5. The summed E-state index contributed by atoms with van der Waals surface area (Å²) in [5.41, 5.74) is 23.3. The molecule has 2 aromatic heterocycles. The van der Waals surface area contributed by atoms with E-state index in [-0.39, 0.29) is 10.8 Å². The van der Waals surface area contributed by atoms with Crippen LogP contribution in [0.4, 0.5) is 0 Å². The third kappa shape index (κ3) is 5.82. The Morgan fingerprint density at radius 1 is 0.256 bits per heavy atom. The standard InChI is InChI=1S/C76H50O2/c1-75(2)63-39-57-45(37-61(63)69-51-25-13-11-23-49(51)59(41-65(69)75)53-29-17-33-67-71(53)55-31-15-27-47(73(55)77-67)43-19-7-5-8-20-43)35-36-46-38-62-64(40-58(46)57)76(3,4)66-42-60(50-24-12-14-26-52(50)70(62)66)54-30-18-34-68-72(54)56-32-16-28-48(74(56)78-68)44-21-9-6-10-22-44/h5-42H,1-4H3. The SMILES string of the molecule is CC1(C)c2cc3c(ccc4cc5c(cc43)C(C)(C)c3cc(-c4cccc6oc7c(-c8ccccc8)cccc7c46)c4ccccc4c3-5)cc2-c2c1cc(-c1cccc3oc4c(-c5ccccc5)cccc4c13)c1ccccc21. The average Bonchev–Trinajstić information content (AvgIpc) is 4.37. The van der Waals surface area contributed by atoms with Crippen molar-refractivity contribution in [3.8, 4) is 66.8 Å². The molecule has 13 aromatic carbocycles. The van der Waals surface area contributed by atoms with Gasteiger partial charge in [-0.3, -0.25) is 0 Å². The molecule has 366 valence electrons. The lowest BCUT2D eigenvalue weighted by Gasteiger charge is -2.24. The summed E-state index contributed by atoms with van der Waals surface area (Å²) in [7, 11) is 0. The Morgan fingerprint density at radius 2 is 0.628 bits per heavy atom. The molecule has 17 rings (SSSR count). The topological polar surface area (TPSA) is 26.3 Å². The predicted octanol–water partition coefficient (Wildman–Crippen LogP) is 21.4. The molecule has 0 radical (unpaired) electrons. The number of benzene rings is 13. The molecule has 0 saturated carbocycles. The summed E-state index contributed by atoms with van der Waals surface area (Å²) in [6, 6.07) is 85.4. The molecule has 0 atom stereocenters. The van der Waals surface area contributed by atoms with Gasteiger partial charge in [0.25, 0.3) is 0 Å². The van der Waals surface area contributed by atoms with Gasteiger partial charge in [0.15, 0.2) is 0 Å². The lowest BCUT2D eigenvalue weighted by Crippen LogP contribution is -2.15. The van der Waals surface area contributed by atoms with Crippen molar-refractivity contribution in [1.82, 2.24) is 0 Å². The molecule has 2 aliphatic carbocycles. The number of furan rings is 2. The van der Waals surface area contributed by atoms with E-state index < -0.39 is 0 Å². The molecular formula is C76H50O2. The molecule has 78 heavy (non-hydrogen) atoms. The second-order valence-electron chi connectivity index (χ2n) is 23.0. The third-order valence-corrected chi connectivity index (χ3v) is 18.2. The van der Waals surface area contributed by atoms with Crippen LogP contribution in [0.15, 0.2) is 239 Å². The van der Waals surface area contributed by atoms with Crippen LogP contribution in [-0.2, 0) is 10.8 Å². The van der Waals surface area contributed by atoms with E-state index in [1.165, 1.54) is 110 Å². The summed E-state index contributed by atoms with van der Waals surface area (Å²) in [5, 5.41) is 14.8. The summed E-state index contributed by atoms with van der Waals surface area (Å²) in [6.07, 6.45) is 0. The Labute approximate surface area is 451 Å². The smallest absolute Gasteiger partial charge is 0.143 e. The number of hydrogen-bond acceptors (Lipinski definition) is 2. The van der Waals surface area contributed by atoms with Crippen molar-refractivity contribution in [3.63, 3.8) is 0 Å². The maximum Gasteiger partial charge on any atom is 0.143 e. The first-order valence-corrected chi connectivity index (χ1v) is 27.4. The first-order chi connectivity index (χ1) is 38.2. The molecule has 0 amide bonds. The first kappa shape index (κ1) is 43.7. The van der Waals surface area contributed by atoms with Gasteiger partial charge in [-0.15, -0.1) is 0 Å². The monoisotopic (exact) mass is 994 g/mol. The van der Waals surface area contributed by atoms with E-state index in [0.29, 0.717) is 0 Å². The fraction of sp³-hybridized carbons (Fsp3) is 0.0789. The molecule has 0 aliphatic heterocycles. The van der Waals surface area contributed by atoms with Crippen LogP contribution in [0.25, 0.3) is 154 Å². The normalized spacial score (nSPS) is 14.1. The van der Waals surface area contributed by atoms with E-state index in [4.69, 9.17) is 8.83 Å². The summed E-state index contributed by atoms with van der Waals surface area (Å²) in [6.45, 7) is 9.73. The molecule has 0 unspecified atom stereocenters. The second kappa shape index (κ2) is 15.6. The number of para-hydroxylation sites is 2. The Hall–Kier alpha value is -9.50. The van der Waals surface area contributed by atoms with Gasteiger partial charge in [0.1, 0.15) is 22.3 Å². The van der Waals surface area contributed by atoms with Crippen LogP contribution in [0, 0.1) is 0 Å². The highest BCUT2D eigenvalue weighted by atomic mass is 16.3. The number of fused-ring (bicyclic) bond motifs is 19. The van der Waals surface area contributed by atoms with Gasteiger partial charge in [-0.2, -0.15) is 0 Å². The summed E-state index contributed by atoms with van der Waals surface area (Å²) in [4.78, 5) is 0. The fourth-order valence-corrected chi connectivity index (χ4v) is 14.5. The van der Waals surface area contributed by atoms with Crippen molar-refractivity contribution >= 4 is 87.0 Å². The Bertz CT molecular complexity index is 4800. The van der Waals surface area contributed by atoms with Crippen molar-refractivity contribution in [2.45, 2.75) is 38.5 Å². The molecule has 0 N–H and O–H groups in total. The van der Waals surface area contributed by atoms with Crippen LogP contribution in [0.3, 0.4) is 0 Å². The van der Waals surface area contributed by atoms with Gasteiger partial charge in [0.2, 0.25) is 0 Å². The van der Waals surface area contributed by atoms with Gasteiger partial charge in [-0.25, -0.2) is 0 Å².